The molecule has 4 heteroatoms. The fraction of sp³-hybridized carbons (Fsp3) is 0. The van der Waals surface area contributed by atoms with Gasteiger partial charge in [-0.1, -0.05) is 267 Å². The number of anilines is 6. The van der Waals surface area contributed by atoms with E-state index in [0.717, 1.165) is 89.9 Å². The largest absolute Gasteiger partial charge is 0.310 e. The van der Waals surface area contributed by atoms with E-state index >= 15 is 0 Å². The number of rotatable bonds is 13. The topological polar surface area (TPSA) is 16.3 Å². The summed E-state index contributed by atoms with van der Waals surface area (Å²) in [5.74, 6) is 0. The van der Waals surface area contributed by atoms with Crippen molar-refractivity contribution < 1.29 is 0 Å². The number of fused-ring (bicyclic) bond motifs is 10. The van der Waals surface area contributed by atoms with Gasteiger partial charge in [-0.05, 0) is 204 Å². The predicted molar refractivity (Wildman–Crippen MR) is 424 cm³/mol. The molecule has 0 fully saturated rings. The molecule has 4 nitrogen and oxygen atoms in total. The molecule has 0 radical (unpaired) electrons. The Labute approximate surface area is 580 Å². The summed E-state index contributed by atoms with van der Waals surface area (Å²) in [6, 6.07) is 142. The minimum Gasteiger partial charge on any atom is -0.310 e. The quantitative estimate of drug-likeness (QED) is 0.107. The first-order valence-corrected chi connectivity index (χ1v) is 34.4. The maximum atomic E-state index is 2.46. The third kappa shape index (κ3) is 10.1. The molecule has 0 N–H and O–H groups in total. The third-order valence-electron chi connectivity index (χ3n) is 20.2. The van der Waals surface area contributed by atoms with Gasteiger partial charge in [0.2, 0.25) is 0 Å². The van der Waals surface area contributed by atoms with Crippen molar-refractivity contribution in [1.82, 2.24) is 9.13 Å². The van der Waals surface area contributed by atoms with Crippen LogP contribution in [0.4, 0.5) is 34.1 Å². The van der Waals surface area contributed by atoms with Crippen LogP contribution in [0.15, 0.2) is 388 Å². The molecule has 0 unspecified atom stereocenters. The maximum Gasteiger partial charge on any atom is 0.0547 e. The van der Waals surface area contributed by atoms with Crippen LogP contribution in [0.3, 0.4) is 0 Å². The van der Waals surface area contributed by atoms with Crippen LogP contribution in [0.25, 0.3) is 143 Å². The standard InChI is InChI=1S/C96H64N4/c1-3-24-65(25-4-1)71-31-18-39-80(59-71)98(94-64-75-28-9-10-41-83(75)86-42-11-12-43-87(86)94)81-40-21-34-74(63-81)85-47-23-51-93-96(85)89-45-14-16-49-91(89)100(93)77-55-52-67(53-56-77)68-29-17-30-69(58-68)72-32-19-37-78(61-72)97(82-57-54-66-26-7-8-27-70(66)60-82)79-38-20-33-73(62-79)84-46-22-50-92-95(84)88-44-13-15-48-90(88)99(92)76-35-5-2-6-36-76/h1-64H. The fourth-order valence-corrected chi connectivity index (χ4v) is 15.6. The molecule has 2 heterocycles. The molecule has 0 aliphatic rings. The van der Waals surface area contributed by atoms with Crippen molar-refractivity contribution in [2.24, 2.45) is 0 Å². The molecule has 100 heavy (non-hydrogen) atoms. The summed E-state index contributed by atoms with van der Waals surface area (Å²) in [6.45, 7) is 0. The van der Waals surface area contributed by atoms with Gasteiger partial charge < -0.3 is 18.9 Å². The van der Waals surface area contributed by atoms with Crippen LogP contribution in [0.2, 0.25) is 0 Å². The van der Waals surface area contributed by atoms with E-state index in [-0.39, 0.29) is 0 Å². The summed E-state index contributed by atoms with van der Waals surface area (Å²) < 4.78 is 4.83. The van der Waals surface area contributed by atoms with E-state index in [0.29, 0.717) is 0 Å². The summed E-state index contributed by atoms with van der Waals surface area (Å²) in [6.07, 6.45) is 0. The molecule has 0 aliphatic carbocycles. The minimum atomic E-state index is 1.07. The first kappa shape index (κ1) is 58.1. The lowest BCUT2D eigenvalue weighted by atomic mass is 9.97. The molecule has 17 aromatic carbocycles. The maximum absolute atomic E-state index is 2.46. The number of hydrogen-bond acceptors (Lipinski definition) is 2. The molecular weight excluding hydrogens is 1210 g/mol. The summed E-state index contributed by atoms with van der Waals surface area (Å²) in [5.41, 5.74) is 25.1. The van der Waals surface area contributed by atoms with E-state index < -0.39 is 0 Å². The van der Waals surface area contributed by atoms with Gasteiger partial charge in [0, 0.05) is 66.7 Å². The lowest BCUT2D eigenvalue weighted by molar-refractivity contribution is 1.18. The van der Waals surface area contributed by atoms with Gasteiger partial charge in [-0.15, -0.1) is 0 Å². The first-order chi connectivity index (χ1) is 49.6. The fourth-order valence-electron chi connectivity index (χ4n) is 15.6. The predicted octanol–water partition coefficient (Wildman–Crippen LogP) is 26.6. The average Bonchev–Trinajstić information content (AvgIpc) is 1.63. The number of nitrogens with zero attached hydrogens (tertiary/aromatic N) is 4. The number of para-hydroxylation sites is 3. The molecule has 0 atom stereocenters. The molecule has 0 amide bonds. The van der Waals surface area contributed by atoms with Crippen molar-refractivity contribution in [2.45, 2.75) is 0 Å². The van der Waals surface area contributed by atoms with Crippen LogP contribution in [0.5, 0.6) is 0 Å². The first-order valence-electron chi connectivity index (χ1n) is 34.4. The Bertz CT molecular complexity index is 6360. The Morgan fingerprint density at radius 1 is 0.180 bits per heavy atom. The van der Waals surface area contributed by atoms with E-state index in [1.807, 2.05) is 0 Å². The summed E-state index contributed by atoms with van der Waals surface area (Å²) in [4.78, 5) is 4.87. The van der Waals surface area contributed by atoms with Gasteiger partial charge in [0.15, 0.2) is 0 Å². The molecule has 2 aromatic heterocycles. The molecule has 19 aromatic rings. The van der Waals surface area contributed by atoms with Crippen molar-refractivity contribution in [3.63, 3.8) is 0 Å². The highest BCUT2D eigenvalue weighted by Crippen LogP contribution is 2.48. The highest BCUT2D eigenvalue weighted by atomic mass is 15.1. The number of aromatic nitrogens is 2. The van der Waals surface area contributed by atoms with E-state index in [2.05, 4.69) is 407 Å². The van der Waals surface area contributed by atoms with Crippen molar-refractivity contribution >= 4 is 110 Å². The SMILES string of the molecule is c1ccc(-c2cccc(N(c3cccc(-c4cccc5c4c4ccccc4n5-c4ccc(-c5cccc(-c6cccc(N(c7cccc(-c8cccc9c8c8ccccc8n9-c8ccccc8)c7)c7ccc8ccccc8c7)c6)c5)cc4)c3)c3cc4ccccc4c4ccccc34)c2)cc1. The Morgan fingerprint density at radius 3 is 1.16 bits per heavy atom. The zero-order valence-corrected chi connectivity index (χ0v) is 54.7. The van der Waals surface area contributed by atoms with E-state index in [1.165, 1.54) is 87.1 Å². The smallest absolute Gasteiger partial charge is 0.0547 e. The van der Waals surface area contributed by atoms with Crippen LogP contribution >= 0.6 is 0 Å². The van der Waals surface area contributed by atoms with Crippen LogP contribution in [-0.2, 0) is 0 Å². The second-order valence-corrected chi connectivity index (χ2v) is 26.0. The van der Waals surface area contributed by atoms with Gasteiger partial charge in [0.1, 0.15) is 0 Å². The Balaban J connectivity index is 0.674. The van der Waals surface area contributed by atoms with Gasteiger partial charge in [0.05, 0.1) is 27.8 Å². The van der Waals surface area contributed by atoms with Gasteiger partial charge >= 0.3 is 0 Å². The van der Waals surface area contributed by atoms with Crippen LogP contribution in [-0.4, -0.2) is 9.13 Å². The van der Waals surface area contributed by atoms with E-state index in [1.54, 1.807) is 0 Å². The van der Waals surface area contributed by atoms with Crippen molar-refractivity contribution in [3.05, 3.63) is 388 Å². The van der Waals surface area contributed by atoms with Gasteiger partial charge in [-0.3, -0.25) is 0 Å². The molecule has 0 saturated heterocycles. The van der Waals surface area contributed by atoms with Crippen molar-refractivity contribution in [1.29, 1.82) is 0 Å². The van der Waals surface area contributed by atoms with E-state index in [4.69, 9.17) is 0 Å². The van der Waals surface area contributed by atoms with Crippen LogP contribution in [0, 0.1) is 0 Å². The van der Waals surface area contributed by atoms with Gasteiger partial charge in [-0.25, -0.2) is 0 Å². The number of hydrogen-bond donors (Lipinski definition) is 0. The van der Waals surface area contributed by atoms with Crippen LogP contribution < -0.4 is 9.80 Å². The molecular formula is C96H64N4. The number of benzene rings is 17. The second-order valence-electron chi connectivity index (χ2n) is 26.0. The monoisotopic (exact) mass is 1270 g/mol. The highest BCUT2D eigenvalue weighted by Gasteiger charge is 2.23. The zero-order valence-electron chi connectivity index (χ0n) is 54.7. The van der Waals surface area contributed by atoms with Crippen LogP contribution in [0.1, 0.15) is 0 Å². The molecule has 0 spiro atoms. The summed E-state index contributed by atoms with van der Waals surface area (Å²) in [7, 11) is 0. The van der Waals surface area contributed by atoms with E-state index in [9.17, 15) is 0 Å². The third-order valence-corrected chi connectivity index (χ3v) is 20.2. The molecule has 19 rings (SSSR count). The molecule has 0 saturated carbocycles. The van der Waals surface area contributed by atoms with Crippen molar-refractivity contribution in [2.75, 3.05) is 9.80 Å². The Hall–Kier alpha value is -13.3. The van der Waals surface area contributed by atoms with Gasteiger partial charge in [0.25, 0.3) is 0 Å². The molecule has 0 bridgehead atoms. The summed E-state index contributed by atoms with van der Waals surface area (Å²) >= 11 is 0. The summed E-state index contributed by atoms with van der Waals surface area (Å²) in [5, 5.41) is 12.2. The minimum absolute atomic E-state index is 1.07. The van der Waals surface area contributed by atoms with Gasteiger partial charge in [-0.2, -0.15) is 0 Å². The average molecular weight is 1270 g/mol. The Kier molecular flexibility index (Phi) is 14.2. The highest BCUT2D eigenvalue weighted by molar-refractivity contribution is 6.18. The normalized spacial score (nSPS) is 11.6. The Morgan fingerprint density at radius 2 is 0.560 bits per heavy atom. The lowest BCUT2D eigenvalue weighted by Gasteiger charge is -2.28. The molecule has 0 aliphatic heterocycles. The van der Waals surface area contributed by atoms with Crippen molar-refractivity contribution in [3.8, 4) is 67.0 Å². The zero-order chi connectivity index (χ0) is 66.0. The second kappa shape index (κ2) is 24.4. The lowest BCUT2D eigenvalue weighted by Crippen LogP contribution is -2.11. The molecule has 468 valence electrons.